The minimum Gasteiger partial charge on any atom is -0.466 e. The van der Waals surface area contributed by atoms with Crippen molar-refractivity contribution in [1.29, 1.82) is 0 Å². The highest BCUT2D eigenvalue weighted by Crippen LogP contribution is 2.26. The van der Waals surface area contributed by atoms with Gasteiger partial charge in [0.25, 0.3) is 0 Å². The fourth-order valence-corrected chi connectivity index (χ4v) is 1.78. The molecule has 0 saturated carbocycles. The van der Waals surface area contributed by atoms with Crippen LogP contribution in [0.15, 0.2) is 48.5 Å². The van der Waals surface area contributed by atoms with Crippen molar-refractivity contribution < 1.29 is 14.3 Å². The van der Waals surface area contributed by atoms with Gasteiger partial charge in [-0.25, -0.2) is 0 Å². The van der Waals surface area contributed by atoms with Crippen molar-refractivity contribution in [1.82, 2.24) is 0 Å². The maximum absolute atomic E-state index is 11.6. The number of hydrogen-bond donors (Lipinski definition) is 1. The second-order valence-corrected chi connectivity index (χ2v) is 4.26. The van der Waals surface area contributed by atoms with E-state index in [1.165, 1.54) is 0 Å². The first-order valence-corrected chi connectivity index (χ1v) is 6.46. The van der Waals surface area contributed by atoms with Gasteiger partial charge in [-0.1, -0.05) is 18.2 Å². The molecule has 0 radical (unpaired) electrons. The fourth-order valence-electron chi connectivity index (χ4n) is 1.78. The van der Waals surface area contributed by atoms with Gasteiger partial charge in [0.15, 0.2) is 0 Å². The third-order valence-electron chi connectivity index (χ3n) is 2.72. The lowest BCUT2D eigenvalue weighted by atomic mass is 10.1. The number of anilines is 1. The van der Waals surface area contributed by atoms with Gasteiger partial charge in [0.2, 0.25) is 0 Å². The van der Waals surface area contributed by atoms with Gasteiger partial charge in [0.1, 0.15) is 11.5 Å². The number of benzene rings is 2. The van der Waals surface area contributed by atoms with Gasteiger partial charge in [-0.2, -0.15) is 0 Å². The van der Waals surface area contributed by atoms with Crippen LogP contribution in [-0.2, 0) is 16.0 Å². The van der Waals surface area contributed by atoms with E-state index in [9.17, 15) is 4.79 Å². The number of rotatable bonds is 5. The van der Waals surface area contributed by atoms with Crippen LogP contribution in [0.3, 0.4) is 0 Å². The van der Waals surface area contributed by atoms with Crippen LogP contribution in [0.2, 0.25) is 0 Å². The molecular formula is C16H17NO3. The van der Waals surface area contributed by atoms with Crippen molar-refractivity contribution in [2.45, 2.75) is 13.3 Å². The highest BCUT2D eigenvalue weighted by Gasteiger charge is 2.10. The van der Waals surface area contributed by atoms with Gasteiger partial charge in [0.05, 0.1) is 13.0 Å². The summed E-state index contributed by atoms with van der Waals surface area (Å²) in [6, 6.07) is 14.5. The van der Waals surface area contributed by atoms with Gasteiger partial charge in [-0.15, -0.1) is 0 Å². The molecule has 2 N–H and O–H groups in total. The van der Waals surface area contributed by atoms with Crippen LogP contribution in [0.1, 0.15) is 12.5 Å². The van der Waals surface area contributed by atoms with E-state index in [4.69, 9.17) is 15.2 Å². The number of esters is 1. The SMILES string of the molecule is CCOC(=O)Cc1ccccc1Oc1ccc(N)cc1. The van der Waals surface area contributed by atoms with Crippen molar-refractivity contribution in [2.24, 2.45) is 0 Å². The van der Waals surface area contributed by atoms with Gasteiger partial charge in [-0.05, 0) is 37.3 Å². The first-order chi connectivity index (χ1) is 9.69. The molecule has 104 valence electrons. The molecule has 0 aliphatic heterocycles. The standard InChI is InChI=1S/C16H17NO3/c1-2-19-16(18)11-12-5-3-4-6-15(12)20-14-9-7-13(17)8-10-14/h3-10H,2,11,17H2,1H3. The Morgan fingerprint density at radius 1 is 1.10 bits per heavy atom. The maximum Gasteiger partial charge on any atom is 0.310 e. The zero-order valence-electron chi connectivity index (χ0n) is 11.3. The van der Waals surface area contributed by atoms with E-state index in [1.54, 1.807) is 31.2 Å². The predicted octanol–water partition coefficient (Wildman–Crippen LogP) is 3.17. The molecule has 0 aromatic heterocycles. The fraction of sp³-hybridized carbons (Fsp3) is 0.188. The van der Waals surface area contributed by atoms with Crippen LogP contribution in [0.25, 0.3) is 0 Å². The van der Waals surface area contributed by atoms with Crippen molar-refractivity contribution in [3.05, 3.63) is 54.1 Å². The van der Waals surface area contributed by atoms with E-state index in [2.05, 4.69) is 0 Å². The molecule has 20 heavy (non-hydrogen) atoms. The lowest BCUT2D eigenvalue weighted by Gasteiger charge is -2.11. The summed E-state index contributed by atoms with van der Waals surface area (Å²) in [4.78, 5) is 11.6. The molecule has 2 aromatic carbocycles. The van der Waals surface area contributed by atoms with Crippen LogP contribution >= 0.6 is 0 Å². The quantitative estimate of drug-likeness (QED) is 0.670. The molecule has 4 nitrogen and oxygen atoms in total. The Morgan fingerprint density at radius 2 is 1.80 bits per heavy atom. The second-order valence-electron chi connectivity index (χ2n) is 4.26. The first kappa shape index (κ1) is 13.9. The Kier molecular flexibility index (Phi) is 4.60. The van der Waals surface area contributed by atoms with Crippen molar-refractivity contribution in [3.63, 3.8) is 0 Å². The molecule has 2 rings (SSSR count). The van der Waals surface area contributed by atoms with E-state index in [0.717, 1.165) is 5.56 Å². The van der Waals surface area contributed by atoms with E-state index in [0.29, 0.717) is 23.8 Å². The lowest BCUT2D eigenvalue weighted by molar-refractivity contribution is -0.142. The Balaban J connectivity index is 2.15. The third kappa shape index (κ3) is 3.75. The number of carbonyl (C=O) groups excluding carboxylic acids is 1. The number of para-hydroxylation sites is 1. The van der Waals surface area contributed by atoms with Gasteiger partial charge < -0.3 is 15.2 Å². The van der Waals surface area contributed by atoms with Gasteiger partial charge in [-0.3, -0.25) is 4.79 Å². The molecule has 0 heterocycles. The van der Waals surface area contributed by atoms with Gasteiger partial charge >= 0.3 is 5.97 Å². The average Bonchev–Trinajstić information content (AvgIpc) is 2.44. The number of nitrogens with two attached hydrogens (primary N) is 1. The summed E-state index contributed by atoms with van der Waals surface area (Å²) >= 11 is 0. The normalized spacial score (nSPS) is 10.1. The van der Waals surface area contributed by atoms with Crippen LogP contribution in [0.5, 0.6) is 11.5 Å². The summed E-state index contributed by atoms with van der Waals surface area (Å²) in [7, 11) is 0. The number of carbonyl (C=O) groups is 1. The monoisotopic (exact) mass is 271 g/mol. The zero-order chi connectivity index (χ0) is 14.4. The summed E-state index contributed by atoms with van der Waals surface area (Å²) in [6.45, 7) is 2.16. The maximum atomic E-state index is 11.6. The molecule has 0 bridgehead atoms. The van der Waals surface area contributed by atoms with Crippen LogP contribution < -0.4 is 10.5 Å². The zero-order valence-corrected chi connectivity index (χ0v) is 11.3. The molecule has 0 atom stereocenters. The predicted molar refractivity (Wildman–Crippen MR) is 77.7 cm³/mol. The van der Waals surface area contributed by atoms with Crippen LogP contribution in [-0.4, -0.2) is 12.6 Å². The molecule has 0 fully saturated rings. The van der Waals surface area contributed by atoms with E-state index in [-0.39, 0.29) is 12.4 Å². The molecule has 2 aromatic rings. The summed E-state index contributed by atoms with van der Waals surface area (Å²) < 4.78 is 10.7. The van der Waals surface area contributed by atoms with Crippen LogP contribution in [0, 0.1) is 0 Å². The molecule has 0 saturated heterocycles. The number of nitrogen functional groups attached to an aromatic ring is 1. The Morgan fingerprint density at radius 3 is 2.50 bits per heavy atom. The highest BCUT2D eigenvalue weighted by molar-refractivity contribution is 5.73. The Bertz CT molecular complexity index is 579. The Labute approximate surface area is 118 Å². The van der Waals surface area contributed by atoms with Crippen molar-refractivity contribution in [2.75, 3.05) is 12.3 Å². The Hall–Kier alpha value is -2.49. The average molecular weight is 271 g/mol. The second kappa shape index (κ2) is 6.61. The molecule has 0 spiro atoms. The first-order valence-electron chi connectivity index (χ1n) is 6.46. The summed E-state index contributed by atoms with van der Waals surface area (Å²) in [5.74, 6) is 1.06. The molecule has 4 heteroatoms. The largest absolute Gasteiger partial charge is 0.466 e. The van der Waals surface area contributed by atoms with E-state index in [1.807, 2.05) is 24.3 Å². The lowest BCUT2D eigenvalue weighted by Crippen LogP contribution is -2.08. The molecule has 0 amide bonds. The highest BCUT2D eigenvalue weighted by atomic mass is 16.5. The molecular weight excluding hydrogens is 254 g/mol. The van der Waals surface area contributed by atoms with Crippen molar-refractivity contribution in [3.8, 4) is 11.5 Å². The topological polar surface area (TPSA) is 61.5 Å². The van der Waals surface area contributed by atoms with Crippen molar-refractivity contribution >= 4 is 11.7 Å². The number of ether oxygens (including phenoxy) is 2. The molecule has 0 aliphatic carbocycles. The summed E-state index contributed by atoms with van der Waals surface area (Å²) in [6.07, 6.45) is 0.193. The van der Waals surface area contributed by atoms with Gasteiger partial charge in [0, 0.05) is 11.3 Å². The number of hydrogen-bond acceptors (Lipinski definition) is 4. The van der Waals surface area contributed by atoms with Crippen LogP contribution in [0.4, 0.5) is 5.69 Å². The van der Waals surface area contributed by atoms with E-state index < -0.39 is 0 Å². The third-order valence-corrected chi connectivity index (χ3v) is 2.72. The summed E-state index contributed by atoms with van der Waals surface area (Å²) in [5.41, 5.74) is 7.10. The van der Waals surface area contributed by atoms with E-state index >= 15 is 0 Å². The molecule has 0 aliphatic rings. The smallest absolute Gasteiger partial charge is 0.310 e. The minimum atomic E-state index is -0.263. The molecule has 0 unspecified atom stereocenters. The summed E-state index contributed by atoms with van der Waals surface area (Å²) in [5, 5.41) is 0. The minimum absolute atomic E-state index is 0.193.